The van der Waals surface area contributed by atoms with Gasteiger partial charge in [-0.3, -0.25) is 9.59 Å². The zero-order valence-electron chi connectivity index (χ0n) is 10.8. The lowest BCUT2D eigenvalue weighted by Crippen LogP contribution is -2.52. The lowest BCUT2D eigenvalue weighted by Gasteiger charge is -2.16. The predicted molar refractivity (Wildman–Crippen MR) is 68.9 cm³/mol. The van der Waals surface area contributed by atoms with Crippen LogP contribution in [0.25, 0.3) is 0 Å². The summed E-state index contributed by atoms with van der Waals surface area (Å²) in [7, 11) is 1.50. The zero-order valence-corrected chi connectivity index (χ0v) is 10.8. The van der Waals surface area contributed by atoms with Gasteiger partial charge in [-0.25, -0.2) is 0 Å². The minimum atomic E-state index is -2.86. The van der Waals surface area contributed by atoms with E-state index in [2.05, 4.69) is 10.4 Å². The highest BCUT2D eigenvalue weighted by Crippen LogP contribution is 2.26. The van der Waals surface area contributed by atoms with Crippen molar-refractivity contribution < 1.29 is 24.5 Å². The Morgan fingerprint density at radius 3 is 2.45 bits per heavy atom. The SMILES string of the molecule is COc1ccc(N2N=C(NC(C)=O)C(O)(O)C2=O)cc1. The van der Waals surface area contributed by atoms with Gasteiger partial charge in [0.2, 0.25) is 5.91 Å². The number of carbonyl (C=O) groups excluding carboxylic acids is 2. The number of hydrazone groups is 1. The highest BCUT2D eigenvalue weighted by atomic mass is 16.5. The molecule has 106 valence electrons. The fourth-order valence-electron chi connectivity index (χ4n) is 1.64. The molecule has 0 aromatic heterocycles. The average Bonchev–Trinajstić information content (AvgIpc) is 2.62. The second-order valence-corrected chi connectivity index (χ2v) is 4.12. The molecule has 0 atom stereocenters. The maximum atomic E-state index is 11.9. The Hall–Kier alpha value is -2.45. The van der Waals surface area contributed by atoms with E-state index in [1.54, 1.807) is 12.1 Å². The summed E-state index contributed by atoms with van der Waals surface area (Å²) in [6.07, 6.45) is 0. The number of anilines is 1. The Bertz CT molecular complexity index is 579. The number of benzene rings is 1. The number of ether oxygens (including phenoxy) is 1. The molecule has 1 aromatic carbocycles. The van der Waals surface area contributed by atoms with Crippen LogP contribution in [-0.4, -0.2) is 40.8 Å². The second kappa shape index (κ2) is 4.91. The molecule has 2 rings (SSSR count). The first-order valence-corrected chi connectivity index (χ1v) is 5.66. The van der Waals surface area contributed by atoms with Crippen molar-refractivity contribution in [2.45, 2.75) is 12.7 Å². The van der Waals surface area contributed by atoms with E-state index in [1.807, 2.05) is 0 Å². The van der Waals surface area contributed by atoms with Crippen molar-refractivity contribution in [3.05, 3.63) is 24.3 Å². The largest absolute Gasteiger partial charge is 0.497 e. The van der Waals surface area contributed by atoms with E-state index in [0.717, 1.165) is 5.01 Å². The quantitative estimate of drug-likeness (QED) is 0.612. The Morgan fingerprint density at radius 2 is 1.95 bits per heavy atom. The van der Waals surface area contributed by atoms with Crippen molar-refractivity contribution >= 4 is 23.3 Å². The monoisotopic (exact) mass is 279 g/mol. The fraction of sp³-hybridized carbons (Fsp3) is 0.250. The molecule has 20 heavy (non-hydrogen) atoms. The van der Waals surface area contributed by atoms with E-state index >= 15 is 0 Å². The molecule has 1 aliphatic heterocycles. The molecule has 8 nitrogen and oxygen atoms in total. The van der Waals surface area contributed by atoms with Gasteiger partial charge < -0.3 is 20.3 Å². The third-order valence-corrected chi connectivity index (χ3v) is 2.63. The first-order valence-electron chi connectivity index (χ1n) is 5.66. The molecule has 0 unspecified atom stereocenters. The van der Waals surface area contributed by atoms with Crippen molar-refractivity contribution in [1.82, 2.24) is 5.32 Å². The number of amides is 2. The molecule has 0 saturated carbocycles. The van der Waals surface area contributed by atoms with Gasteiger partial charge in [0.05, 0.1) is 12.8 Å². The van der Waals surface area contributed by atoms with Gasteiger partial charge in [-0.2, -0.15) is 5.01 Å². The summed E-state index contributed by atoms with van der Waals surface area (Å²) in [6, 6.07) is 6.22. The molecule has 8 heteroatoms. The molecule has 1 heterocycles. The molecular weight excluding hydrogens is 266 g/mol. The summed E-state index contributed by atoms with van der Waals surface area (Å²) >= 11 is 0. The topological polar surface area (TPSA) is 111 Å². The van der Waals surface area contributed by atoms with E-state index in [9.17, 15) is 19.8 Å². The van der Waals surface area contributed by atoms with Crippen LogP contribution in [0.5, 0.6) is 5.75 Å². The van der Waals surface area contributed by atoms with Crippen molar-refractivity contribution in [3.8, 4) is 5.75 Å². The van der Waals surface area contributed by atoms with Crippen LogP contribution >= 0.6 is 0 Å². The number of amidine groups is 1. The molecule has 1 aliphatic rings. The van der Waals surface area contributed by atoms with Gasteiger partial charge in [0, 0.05) is 6.92 Å². The van der Waals surface area contributed by atoms with E-state index in [1.165, 1.54) is 26.2 Å². The smallest absolute Gasteiger partial charge is 0.315 e. The summed E-state index contributed by atoms with van der Waals surface area (Å²) in [5, 5.41) is 26.0. The third-order valence-electron chi connectivity index (χ3n) is 2.63. The number of hydrogen-bond acceptors (Lipinski definition) is 6. The molecule has 0 radical (unpaired) electrons. The van der Waals surface area contributed by atoms with Crippen molar-refractivity contribution in [3.63, 3.8) is 0 Å². The van der Waals surface area contributed by atoms with E-state index in [0.29, 0.717) is 11.4 Å². The summed E-state index contributed by atoms with van der Waals surface area (Å²) in [5.41, 5.74) is 0.309. The Balaban J connectivity index is 2.34. The van der Waals surface area contributed by atoms with Gasteiger partial charge in [0.25, 0.3) is 0 Å². The van der Waals surface area contributed by atoms with Crippen LogP contribution in [0, 0.1) is 0 Å². The van der Waals surface area contributed by atoms with Crippen LogP contribution < -0.4 is 15.1 Å². The van der Waals surface area contributed by atoms with Gasteiger partial charge in [0.1, 0.15) is 5.75 Å². The standard InChI is InChI=1S/C12H13N3O5/c1-7(16)13-10-12(18,19)11(17)15(14-10)8-3-5-9(20-2)6-4-8/h3-6,18-19H,1-2H3,(H,13,14,16). The molecular formula is C12H13N3O5. The summed E-state index contributed by atoms with van der Waals surface area (Å²) in [4.78, 5) is 22.9. The Morgan fingerprint density at radius 1 is 1.35 bits per heavy atom. The Labute approximate surface area is 114 Å². The number of carbonyl (C=O) groups is 2. The molecule has 1 aromatic rings. The van der Waals surface area contributed by atoms with Gasteiger partial charge >= 0.3 is 11.7 Å². The van der Waals surface area contributed by atoms with E-state index in [4.69, 9.17) is 4.74 Å². The third kappa shape index (κ3) is 2.33. The number of rotatable bonds is 2. The molecule has 0 bridgehead atoms. The average molecular weight is 279 g/mol. The van der Waals surface area contributed by atoms with Crippen LogP contribution in [0.2, 0.25) is 0 Å². The lowest BCUT2D eigenvalue weighted by molar-refractivity contribution is -0.156. The Kier molecular flexibility index (Phi) is 3.43. The molecule has 3 N–H and O–H groups in total. The minimum Gasteiger partial charge on any atom is -0.497 e. The zero-order chi connectivity index (χ0) is 14.9. The summed E-state index contributed by atoms with van der Waals surface area (Å²) in [6.45, 7) is 1.17. The number of nitrogens with zero attached hydrogens (tertiary/aromatic N) is 2. The lowest BCUT2D eigenvalue weighted by atomic mass is 10.2. The fourth-order valence-corrected chi connectivity index (χ4v) is 1.64. The van der Waals surface area contributed by atoms with E-state index < -0.39 is 23.4 Å². The van der Waals surface area contributed by atoms with Gasteiger partial charge in [0.15, 0.2) is 5.84 Å². The number of aliphatic hydroxyl groups is 2. The van der Waals surface area contributed by atoms with Crippen molar-refractivity contribution in [2.24, 2.45) is 5.10 Å². The van der Waals surface area contributed by atoms with Crippen LogP contribution in [0.4, 0.5) is 5.69 Å². The highest BCUT2D eigenvalue weighted by Gasteiger charge is 2.50. The molecule has 0 fully saturated rings. The summed E-state index contributed by atoms with van der Waals surface area (Å²) < 4.78 is 4.98. The second-order valence-electron chi connectivity index (χ2n) is 4.12. The maximum Gasteiger partial charge on any atom is 0.315 e. The summed E-state index contributed by atoms with van der Waals surface area (Å²) in [5.74, 6) is -4.46. The number of nitrogens with one attached hydrogen (secondary N) is 1. The van der Waals surface area contributed by atoms with Crippen LogP contribution in [0.1, 0.15) is 6.92 Å². The minimum absolute atomic E-state index is 0.309. The predicted octanol–water partition coefficient (Wildman–Crippen LogP) is -0.828. The van der Waals surface area contributed by atoms with Crippen LogP contribution in [0.3, 0.4) is 0 Å². The van der Waals surface area contributed by atoms with Crippen molar-refractivity contribution in [1.29, 1.82) is 0 Å². The normalized spacial score (nSPS) is 16.9. The van der Waals surface area contributed by atoms with Gasteiger partial charge in [-0.15, -0.1) is 5.10 Å². The van der Waals surface area contributed by atoms with E-state index in [-0.39, 0.29) is 0 Å². The van der Waals surface area contributed by atoms with Crippen LogP contribution in [-0.2, 0) is 9.59 Å². The molecule has 2 amide bonds. The number of hydrogen-bond donors (Lipinski definition) is 3. The van der Waals surface area contributed by atoms with Gasteiger partial charge in [-0.1, -0.05) is 0 Å². The first kappa shape index (κ1) is 14.0. The highest BCUT2D eigenvalue weighted by molar-refractivity contribution is 6.22. The van der Waals surface area contributed by atoms with Gasteiger partial charge in [-0.05, 0) is 24.3 Å². The first-order chi connectivity index (χ1) is 9.36. The molecule has 0 spiro atoms. The van der Waals surface area contributed by atoms with Crippen molar-refractivity contribution in [2.75, 3.05) is 12.1 Å². The molecule has 0 saturated heterocycles. The number of methoxy groups -OCH3 is 1. The van der Waals surface area contributed by atoms with Crippen LogP contribution in [0.15, 0.2) is 29.4 Å². The molecule has 0 aliphatic carbocycles. The maximum absolute atomic E-state index is 11.9.